The van der Waals surface area contributed by atoms with Crippen molar-refractivity contribution in [2.24, 2.45) is 11.1 Å². The van der Waals surface area contributed by atoms with Gasteiger partial charge >= 0.3 is 0 Å². The largest absolute Gasteiger partial charge is 0.392 e. The number of aliphatic hydroxyl groups is 1. The van der Waals surface area contributed by atoms with Gasteiger partial charge in [-0.05, 0) is 25.0 Å². The fraction of sp³-hybridized carbons (Fsp3) is 0.600. The van der Waals surface area contributed by atoms with Crippen molar-refractivity contribution >= 4 is 41.8 Å². The number of hydrogen-bond acceptors (Lipinski definition) is 5. The zero-order valence-electron chi connectivity index (χ0n) is 16.4. The number of aliphatic hydroxyl groups excluding tert-OH is 1. The van der Waals surface area contributed by atoms with E-state index in [9.17, 15) is 9.90 Å². The van der Waals surface area contributed by atoms with Crippen LogP contribution in [0.25, 0.3) is 11.0 Å². The van der Waals surface area contributed by atoms with Gasteiger partial charge in [-0.1, -0.05) is 12.1 Å². The lowest BCUT2D eigenvalue weighted by Crippen LogP contribution is -2.63. The highest BCUT2D eigenvalue weighted by Crippen LogP contribution is 2.50. The molecule has 2 heterocycles. The van der Waals surface area contributed by atoms with Gasteiger partial charge in [0, 0.05) is 44.4 Å². The van der Waals surface area contributed by atoms with E-state index in [1.807, 2.05) is 33.7 Å². The number of aryl methyl sites for hydroxylation is 1. The summed E-state index contributed by atoms with van der Waals surface area (Å²) in [7, 11) is 0. The number of para-hydroxylation sites is 2. The number of carbonyl (C=O) groups excluding carboxylic acids is 1. The van der Waals surface area contributed by atoms with Crippen LogP contribution in [0, 0.1) is 5.41 Å². The number of ether oxygens (including phenoxy) is 1. The highest BCUT2D eigenvalue weighted by Gasteiger charge is 2.56. The molecular weight excluding hydrogens is 415 g/mol. The Hall–Kier alpha value is -1.38. The number of halogens is 2. The van der Waals surface area contributed by atoms with Crippen molar-refractivity contribution in [3.05, 3.63) is 30.6 Å². The Balaban J connectivity index is 0.00000150. The molecule has 9 heteroatoms. The van der Waals surface area contributed by atoms with E-state index in [-0.39, 0.29) is 48.3 Å². The molecule has 1 aromatic carbocycles. The molecule has 1 aliphatic carbocycles. The van der Waals surface area contributed by atoms with Gasteiger partial charge in [0.05, 0.1) is 36.2 Å². The van der Waals surface area contributed by atoms with Crippen molar-refractivity contribution in [2.75, 3.05) is 26.2 Å². The third-order valence-electron chi connectivity index (χ3n) is 6.32. The van der Waals surface area contributed by atoms with E-state index in [2.05, 4.69) is 4.98 Å². The molecule has 1 spiro atoms. The third-order valence-corrected chi connectivity index (χ3v) is 6.32. The lowest BCUT2D eigenvalue weighted by atomic mass is 9.58. The van der Waals surface area contributed by atoms with Gasteiger partial charge in [0.2, 0.25) is 5.91 Å². The Morgan fingerprint density at radius 1 is 1.28 bits per heavy atom. The van der Waals surface area contributed by atoms with E-state index in [0.717, 1.165) is 23.9 Å². The summed E-state index contributed by atoms with van der Waals surface area (Å²) in [5.41, 5.74) is 7.35. The Labute approximate surface area is 183 Å². The molecule has 0 unspecified atom stereocenters. The number of likely N-dealkylation sites (tertiary alicyclic amines) is 1. The number of imidazole rings is 1. The summed E-state index contributed by atoms with van der Waals surface area (Å²) in [6.07, 6.45) is 4.28. The number of hydrogen-bond donors (Lipinski definition) is 2. The predicted octanol–water partition coefficient (Wildman–Crippen LogP) is 1.99. The van der Waals surface area contributed by atoms with E-state index in [1.165, 1.54) is 0 Å². The lowest BCUT2D eigenvalue weighted by Gasteiger charge is -2.56. The molecule has 2 aromatic rings. The number of nitrogens with zero attached hydrogens (tertiary/aromatic N) is 3. The number of nitrogens with two attached hydrogens (primary N) is 1. The molecule has 0 bridgehead atoms. The highest BCUT2D eigenvalue weighted by atomic mass is 35.5. The van der Waals surface area contributed by atoms with Crippen molar-refractivity contribution in [3.8, 4) is 0 Å². The molecule has 1 saturated carbocycles. The van der Waals surface area contributed by atoms with Crippen molar-refractivity contribution < 1.29 is 14.6 Å². The summed E-state index contributed by atoms with van der Waals surface area (Å²) in [6, 6.07) is 7.95. The van der Waals surface area contributed by atoms with Crippen molar-refractivity contribution in [1.29, 1.82) is 0 Å². The normalized spacial score (nSPS) is 22.6. The lowest BCUT2D eigenvalue weighted by molar-refractivity contribution is -0.210. The minimum Gasteiger partial charge on any atom is -0.392 e. The second-order valence-electron chi connectivity index (χ2n) is 7.69. The fourth-order valence-electron chi connectivity index (χ4n) is 4.56. The number of benzene rings is 1. The van der Waals surface area contributed by atoms with Crippen LogP contribution in [0.3, 0.4) is 0 Å². The standard InChI is InChI=1S/C20H28N4O3.2ClH/c21-8-12-27-18-13-17(25)20(18)6-10-23(11-7-20)19(26)5-9-24-14-22-15-3-1-2-4-16(15)24;;/h1-4,14,17-18,25H,5-13,21H2;2*1H/t17-,18+;;/m1../s1. The summed E-state index contributed by atoms with van der Waals surface area (Å²) < 4.78 is 7.86. The molecule has 2 atom stereocenters. The zero-order chi connectivity index (χ0) is 18.9. The predicted molar refractivity (Wildman–Crippen MR) is 117 cm³/mol. The number of aromatic nitrogens is 2. The van der Waals surface area contributed by atoms with E-state index >= 15 is 0 Å². The third kappa shape index (κ3) is 4.54. The molecule has 7 nitrogen and oxygen atoms in total. The fourth-order valence-corrected chi connectivity index (χ4v) is 4.56. The van der Waals surface area contributed by atoms with Crippen LogP contribution in [-0.2, 0) is 16.1 Å². The van der Waals surface area contributed by atoms with Crippen LogP contribution in [0.15, 0.2) is 30.6 Å². The molecule has 1 saturated heterocycles. The summed E-state index contributed by atoms with van der Waals surface area (Å²) in [6.45, 7) is 3.02. The van der Waals surface area contributed by atoms with E-state index in [0.29, 0.717) is 45.6 Å². The van der Waals surface area contributed by atoms with Crippen LogP contribution in [0.2, 0.25) is 0 Å². The number of piperidine rings is 1. The van der Waals surface area contributed by atoms with Crippen LogP contribution in [0.1, 0.15) is 25.7 Å². The summed E-state index contributed by atoms with van der Waals surface area (Å²) in [4.78, 5) is 19.0. The molecule has 1 amide bonds. The average Bonchev–Trinajstić information content (AvgIpc) is 3.12. The van der Waals surface area contributed by atoms with Crippen LogP contribution in [0.4, 0.5) is 0 Å². The molecule has 2 aliphatic rings. The average molecular weight is 445 g/mol. The Morgan fingerprint density at radius 2 is 2.00 bits per heavy atom. The van der Waals surface area contributed by atoms with Gasteiger partial charge in [0.25, 0.3) is 0 Å². The first kappa shape index (κ1) is 23.9. The zero-order valence-corrected chi connectivity index (χ0v) is 18.0. The topological polar surface area (TPSA) is 93.6 Å². The van der Waals surface area contributed by atoms with Crippen LogP contribution < -0.4 is 5.73 Å². The quantitative estimate of drug-likeness (QED) is 0.710. The van der Waals surface area contributed by atoms with Crippen molar-refractivity contribution in [2.45, 2.75) is 44.4 Å². The first-order valence-corrected chi connectivity index (χ1v) is 9.81. The van der Waals surface area contributed by atoms with Gasteiger partial charge in [-0.15, -0.1) is 24.8 Å². The van der Waals surface area contributed by atoms with Crippen molar-refractivity contribution in [3.63, 3.8) is 0 Å². The van der Waals surface area contributed by atoms with Gasteiger partial charge in [0.15, 0.2) is 0 Å². The Morgan fingerprint density at radius 3 is 2.69 bits per heavy atom. The van der Waals surface area contributed by atoms with Gasteiger partial charge in [-0.2, -0.15) is 0 Å². The van der Waals surface area contributed by atoms with Gasteiger partial charge in [-0.3, -0.25) is 4.79 Å². The molecule has 4 rings (SSSR count). The van der Waals surface area contributed by atoms with E-state index in [4.69, 9.17) is 10.5 Å². The number of carbonyl (C=O) groups is 1. The molecule has 2 fully saturated rings. The molecule has 1 aromatic heterocycles. The summed E-state index contributed by atoms with van der Waals surface area (Å²) in [5.74, 6) is 0.163. The summed E-state index contributed by atoms with van der Waals surface area (Å²) >= 11 is 0. The van der Waals surface area contributed by atoms with Gasteiger partial charge in [-0.25, -0.2) is 4.98 Å². The summed E-state index contributed by atoms with van der Waals surface area (Å²) in [5, 5.41) is 10.3. The van der Waals surface area contributed by atoms with Crippen LogP contribution in [-0.4, -0.2) is 63.9 Å². The maximum Gasteiger partial charge on any atom is 0.224 e. The maximum absolute atomic E-state index is 12.7. The SMILES string of the molecule is Cl.Cl.NCCO[C@H]1C[C@@H](O)C12CCN(C(=O)CCn1cnc3ccccc31)CC2. The van der Waals surface area contributed by atoms with Crippen molar-refractivity contribution in [1.82, 2.24) is 14.5 Å². The molecule has 29 heavy (non-hydrogen) atoms. The number of amides is 1. The highest BCUT2D eigenvalue weighted by molar-refractivity contribution is 5.85. The first-order chi connectivity index (χ1) is 13.1. The van der Waals surface area contributed by atoms with Gasteiger partial charge < -0.3 is 25.0 Å². The number of fused-ring (bicyclic) bond motifs is 1. The second kappa shape index (κ2) is 10.1. The molecule has 0 radical (unpaired) electrons. The maximum atomic E-state index is 12.7. The minimum absolute atomic E-state index is 0. The smallest absolute Gasteiger partial charge is 0.224 e. The second-order valence-corrected chi connectivity index (χ2v) is 7.69. The van der Waals surface area contributed by atoms with Gasteiger partial charge in [0.1, 0.15) is 0 Å². The first-order valence-electron chi connectivity index (χ1n) is 9.81. The molecule has 3 N–H and O–H groups in total. The monoisotopic (exact) mass is 444 g/mol. The van der Waals surface area contributed by atoms with Crippen LogP contribution in [0.5, 0.6) is 0 Å². The minimum atomic E-state index is -0.324. The molecule has 162 valence electrons. The molecular formula is C20H30Cl2N4O3. The van der Waals surface area contributed by atoms with E-state index < -0.39 is 0 Å². The number of rotatable bonds is 6. The Bertz CT molecular complexity index is 808. The Kier molecular flexibility index (Phi) is 8.31. The van der Waals surface area contributed by atoms with E-state index in [1.54, 1.807) is 6.33 Å². The van der Waals surface area contributed by atoms with Crippen LogP contribution >= 0.6 is 24.8 Å². The molecule has 1 aliphatic heterocycles.